The Bertz CT molecular complexity index is 601. The molecule has 0 radical (unpaired) electrons. The van der Waals surface area contributed by atoms with Gasteiger partial charge in [-0.3, -0.25) is 4.79 Å². The van der Waals surface area contributed by atoms with Crippen LogP contribution >= 0.6 is 0 Å². The Balaban J connectivity index is 3.04. The predicted molar refractivity (Wildman–Crippen MR) is 78.7 cm³/mol. The van der Waals surface area contributed by atoms with Crippen LogP contribution in [0.4, 0.5) is 5.69 Å². The number of methoxy groups -OCH3 is 1. The highest BCUT2D eigenvalue weighted by molar-refractivity contribution is 7.89. The smallest absolute Gasteiger partial charge is 0.240 e. The minimum absolute atomic E-state index is 0.0113. The number of nitrogens with one attached hydrogen (secondary N) is 2. The fourth-order valence-electron chi connectivity index (χ4n) is 1.54. The van der Waals surface area contributed by atoms with Crippen LogP contribution in [0.1, 0.15) is 13.8 Å². The van der Waals surface area contributed by atoms with Crippen molar-refractivity contribution in [2.45, 2.75) is 18.7 Å². The van der Waals surface area contributed by atoms with Gasteiger partial charge in [-0.05, 0) is 24.1 Å². The maximum absolute atomic E-state index is 12.1. The fourth-order valence-corrected chi connectivity index (χ4v) is 2.73. The number of amides is 1. The lowest BCUT2D eigenvalue weighted by Crippen LogP contribution is -2.29. The van der Waals surface area contributed by atoms with Gasteiger partial charge in [0.05, 0.1) is 17.7 Å². The van der Waals surface area contributed by atoms with Gasteiger partial charge < -0.3 is 15.2 Å². The van der Waals surface area contributed by atoms with Crippen LogP contribution in [0.25, 0.3) is 0 Å². The van der Waals surface area contributed by atoms with Crippen molar-refractivity contribution >= 4 is 21.6 Å². The molecule has 21 heavy (non-hydrogen) atoms. The first-order valence-electron chi connectivity index (χ1n) is 6.36. The van der Waals surface area contributed by atoms with Crippen molar-refractivity contribution in [3.05, 3.63) is 18.2 Å². The van der Waals surface area contributed by atoms with Gasteiger partial charge in [0.15, 0.2) is 0 Å². The van der Waals surface area contributed by atoms with Gasteiger partial charge in [0, 0.05) is 20.1 Å². The third-order valence-electron chi connectivity index (χ3n) is 2.73. The average molecular weight is 316 g/mol. The molecule has 1 unspecified atom stereocenters. The number of ether oxygens (including phenoxy) is 1. The number of benzene rings is 1. The lowest BCUT2D eigenvalue weighted by Gasteiger charge is -2.13. The van der Waals surface area contributed by atoms with Crippen LogP contribution in [0, 0.1) is 5.92 Å². The predicted octanol–water partition coefficient (Wildman–Crippen LogP) is 0.560. The third-order valence-corrected chi connectivity index (χ3v) is 4.15. The Hall–Kier alpha value is -1.64. The minimum atomic E-state index is -3.72. The summed E-state index contributed by atoms with van der Waals surface area (Å²) in [5.41, 5.74) is 0.281. The molecule has 0 aliphatic heterocycles. The molecular weight excluding hydrogens is 296 g/mol. The Morgan fingerprint density at radius 2 is 2.10 bits per heavy atom. The molecule has 0 fully saturated rings. The highest BCUT2D eigenvalue weighted by atomic mass is 32.2. The molecule has 1 rings (SSSR count). The summed E-state index contributed by atoms with van der Waals surface area (Å²) in [6.07, 6.45) is 0. The van der Waals surface area contributed by atoms with Gasteiger partial charge in [-0.2, -0.15) is 0 Å². The van der Waals surface area contributed by atoms with Crippen LogP contribution < -0.4 is 14.8 Å². The van der Waals surface area contributed by atoms with E-state index < -0.39 is 10.0 Å². The van der Waals surface area contributed by atoms with E-state index in [1.165, 1.54) is 32.2 Å². The molecule has 0 heterocycles. The number of hydrogen-bond donors (Lipinski definition) is 3. The highest BCUT2D eigenvalue weighted by Crippen LogP contribution is 2.27. The Kier molecular flexibility index (Phi) is 6.13. The Labute approximate surface area is 124 Å². The first-order valence-corrected chi connectivity index (χ1v) is 7.84. The molecule has 0 aromatic heterocycles. The molecule has 1 atom stereocenters. The molecule has 1 amide bonds. The molecule has 0 spiro atoms. The zero-order valence-corrected chi connectivity index (χ0v) is 13.0. The van der Waals surface area contributed by atoms with E-state index in [2.05, 4.69) is 10.0 Å². The maximum Gasteiger partial charge on any atom is 0.240 e. The van der Waals surface area contributed by atoms with Gasteiger partial charge in [-0.15, -0.1) is 0 Å². The van der Waals surface area contributed by atoms with Crippen molar-refractivity contribution in [1.29, 1.82) is 0 Å². The maximum atomic E-state index is 12.1. The molecule has 0 bridgehead atoms. The van der Waals surface area contributed by atoms with E-state index in [-0.39, 0.29) is 35.6 Å². The van der Waals surface area contributed by atoms with Gasteiger partial charge >= 0.3 is 0 Å². The zero-order valence-electron chi connectivity index (χ0n) is 12.2. The van der Waals surface area contributed by atoms with Crippen molar-refractivity contribution in [2.75, 3.05) is 25.6 Å². The highest BCUT2D eigenvalue weighted by Gasteiger charge is 2.17. The van der Waals surface area contributed by atoms with Crippen molar-refractivity contribution in [3.63, 3.8) is 0 Å². The molecule has 3 N–H and O–H groups in total. The summed E-state index contributed by atoms with van der Waals surface area (Å²) >= 11 is 0. The first kappa shape index (κ1) is 17.4. The number of aliphatic hydroxyl groups excluding tert-OH is 1. The van der Waals surface area contributed by atoms with E-state index in [0.717, 1.165) is 0 Å². The second-order valence-corrected chi connectivity index (χ2v) is 6.45. The van der Waals surface area contributed by atoms with Gasteiger partial charge in [0.25, 0.3) is 0 Å². The van der Waals surface area contributed by atoms with Crippen molar-refractivity contribution < 1.29 is 23.1 Å². The van der Waals surface area contributed by atoms with Crippen molar-refractivity contribution in [2.24, 2.45) is 5.92 Å². The topological polar surface area (TPSA) is 105 Å². The van der Waals surface area contributed by atoms with E-state index in [4.69, 9.17) is 9.84 Å². The van der Waals surface area contributed by atoms with Crippen LogP contribution in [-0.4, -0.2) is 39.7 Å². The van der Waals surface area contributed by atoms with E-state index in [1.54, 1.807) is 6.92 Å². The van der Waals surface area contributed by atoms with Crippen LogP contribution in [0.5, 0.6) is 5.75 Å². The summed E-state index contributed by atoms with van der Waals surface area (Å²) in [7, 11) is -2.29. The Morgan fingerprint density at radius 1 is 1.43 bits per heavy atom. The van der Waals surface area contributed by atoms with Gasteiger partial charge in [0.2, 0.25) is 15.9 Å². The number of anilines is 1. The van der Waals surface area contributed by atoms with Crippen LogP contribution in [-0.2, 0) is 14.8 Å². The van der Waals surface area contributed by atoms with Crippen molar-refractivity contribution in [3.8, 4) is 5.75 Å². The van der Waals surface area contributed by atoms with Gasteiger partial charge in [-0.25, -0.2) is 13.1 Å². The lowest BCUT2D eigenvalue weighted by molar-refractivity contribution is -0.114. The normalized spacial score (nSPS) is 12.8. The van der Waals surface area contributed by atoms with Crippen LogP contribution in [0.3, 0.4) is 0 Å². The largest absolute Gasteiger partial charge is 0.495 e. The lowest BCUT2D eigenvalue weighted by atomic mass is 10.2. The standard InChI is InChI=1S/C13H20N2O5S/c1-9(8-16)7-14-21(18,19)11-4-5-13(20-3)12(6-11)15-10(2)17/h4-6,9,14,16H,7-8H2,1-3H3,(H,15,17). The summed E-state index contributed by atoms with van der Waals surface area (Å²) in [5.74, 6) is -0.148. The number of carbonyl (C=O) groups is 1. The molecule has 0 aliphatic carbocycles. The second-order valence-electron chi connectivity index (χ2n) is 4.68. The summed E-state index contributed by atoms with van der Waals surface area (Å²) in [6, 6.07) is 4.18. The van der Waals surface area contributed by atoms with Gasteiger partial charge in [-0.1, -0.05) is 6.92 Å². The summed E-state index contributed by atoms with van der Waals surface area (Å²) in [4.78, 5) is 11.1. The summed E-state index contributed by atoms with van der Waals surface area (Å²) in [5, 5.41) is 11.4. The van der Waals surface area contributed by atoms with E-state index in [9.17, 15) is 13.2 Å². The van der Waals surface area contributed by atoms with Gasteiger partial charge in [0.1, 0.15) is 5.75 Å². The Morgan fingerprint density at radius 3 is 2.62 bits per heavy atom. The van der Waals surface area contributed by atoms with Crippen molar-refractivity contribution in [1.82, 2.24) is 4.72 Å². The third kappa shape index (κ3) is 5.00. The molecule has 0 saturated carbocycles. The molecule has 118 valence electrons. The molecular formula is C13H20N2O5S. The number of rotatable bonds is 7. The van der Waals surface area contributed by atoms with Crippen LogP contribution in [0.15, 0.2) is 23.1 Å². The number of sulfonamides is 1. The SMILES string of the molecule is COc1ccc(S(=O)(=O)NCC(C)CO)cc1NC(C)=O. The molecule has 1 aromatic rings. The molecule has 0 saturated heterocycles. The van der Waals surface area contributed by atoms with E-state index in [0.29, 0.717) is 5.75 Å². The quantitative estimate of drug-likeness (QED) is 0.682. The average Bonchev–Trinajstić information content (AvgIpc) is 2.44. The number of carbonyl (C=O) groups excluding carboxylic acids is 1. The van der Waals surface area contributed by atoms with E-state index >= 15 is 0 Å². The second kappa shape index (κ2) is 7.39. The summed E-state index contributed by atoms with van der Waals surface area (Å²) in [6.45, 7) is 3.06. The zero-order chi connectivity index (χ0) is 16.0. The van der Waals surface area contributed by atoms with E-state index in [1.807, 2.05) is 0 Å². The molecule has 8 heteroatoms. The number of aliphatic hydroxyl groups is 1. The monoisotopic (exact) mass is 316 g/mol. The fraction of sp³-hybridized carbons (Fsp3) is 0.462. The van der Waals surface area contributed by atoms with Crippen LogP contribution in [0.2, 0.25) is 0 Å². The molecule has 7 nitrogen and oxygen atoms in total. The molecule has 0 aliphatic rings. The molecule has 1 aromatic carbocycles. The first-order chi connectivity index (χ1) is 9.80. The minimum Gasteiger partial charge on any atom is -0.495 e. The summed E-state index contributed by atoms with van der Waals surface area (Å²) < 4.78 is 31.8. The number of hydrogen-bond acceptors (Lipinski definition) is 5.